The lowest BCUT2D eigenvalue weighted by molar-refractivity contribution is 0.0996. The van der Waals surface area contributed by atoms with Crippen molar-refractivity contribution in [3.05, 3.63) is 54.0 Å². The number of methoxy groups -OCH3 is 2. The molecular weight excluding hydrogens is 344 g/mol. The van der Waals surface area contributed by atoms with Crippen molar-refractivity contribution in [1.82, 2.24) is 14.8 Å². The molecule has 3 aromatic rings. The highest BCUT2D eigenvalue weighted by atomic mass is 16.5. The van der Waals surface area contributed by atoms with Crippen LogP contribution in [0.25, 0.3) is 11.1 Å². The first-order valence-corrected chi connectivity index (χ1v) is 8.70. The highest BCUT2D eigenvalue weighted by Crippen LogP contribution is 2.34. The highest BCUT2D eigenvalue weighted by Gasteiger charge is 2.29. The molecular formula is C20H20N4O3. The van der Waals surface area contributed by atoms with Crippen molar-refractivity contribution in [2.45, 2.75) is 20.0 Å². The van der Waals surface area contributed by atoms with Crippen LogP contribution in [0.5, 0.6) is 11.6 Å². The molecule has 4 rings (SSSR count). The molecule has 0 unspecified atom stereocenters. The third-order valence-electron chi connectivity index (χ3n) is 4.73. The lowest BCUT2D eigenvalue weighted by Crippen LogP contribution is -2.22. The molecule has 0 spiro atoms. The van der Waals surface area contributed by atoms with Gasteiger partial charge in [0, 0.05) is 30.1 Å². The predicted molar refractivity (Wildman–Crippen MR) is 101 cm³/mol. The summed E-state index contributed by atoms with van der Waals surface area (Å²) in [6.07, 6.45) is 5.36. The van der Waals surface area contributed by atoms with E-state index in [-0.39, 0.29) is 5.91 Å². The fourth-order valence-electron chi connectivity index (χ4n) is 3.26. The summed E-state index contributed by atoms with van der Waals surface area (Å²) in [4.78, 5) is 18.8. The zero-order valence-corrected chi connectivity index (χ0v) is 15.5. The quantitative estimate of drug-likeness (QED) is 0.696. The molecule has 0 fully saturated rings. The van der Waals surface area contributed by atoms with E-state index in [9.17, 15) is 4.79 Å². The molecule has 27 heavy (non-hydrogen) atoms. The van der Waals surface area contributed by atoms with Gasteiger partial charge in [-0.15, -0.1) is 0 Å². The third kappa shape index (κ3) is 2.91. The summed E-state index contributed by atoms with van der Waals surface area (Å²) in [5.41, 5.74) is 4.39. The van der Waals surface area contributed by atoms with Crippen LogP contribution in [0.1, 0.15) is 22.8 Å². The summed E-state index contributed by atoms with van der Waals surface area (Å²) >= 11 is 0. The Labute approximate surface area is 157 Å². The minimum absolute atomic E-state index is 0.00219. The molecule has 7 heteroatoms. The number of amides is 1. The molecule has 1 aromatic carbocycles. The van der Waals surface area contributed by atoms with E-state index in [1.165, 1.54) is 0 Å². The van der Waals surface area contributed by atoms with Crippen molar-refractivity contribution < 1.29 is 14.3 Å². The zero-order valence-electron chi connectivity index (χ0n) is 15.5. The number of aryl methyl sites for hydroxylation is 1. The maximum atomic E-state index is 12.8. The van der Waals surface area contributed by atoms with Gasteiger partial charge < -0.3 is 14.4 Å². The molecule has 1 aliphatic rings. The second-order valence-electron chi connectivity index (χ2n) is 6.25. The number of aromatic nitrogens is 3. The maximum Gasteiger partial charge on any atom is 0.259 e. The number of carbonyl (C=O) groups is 1. The first-order valence-electron chi connectivity index (χ1n) is 8.70. The number of anilines is 1. The number of fused-ring (bicyclic) bond motifs is 1. The highest BCUT2D eigenvalue weighted by molar-refractivity contribution is 6.10. The Hall–Kier alpha value is -3.35. The summed E-state index contributed by atoms with van der Waals surface area (Å²) in [5, 5.41) is 4.27. The van der Waals surface area contributed by atoms with Crippen LogP contribution in [0.15, 0.2) is 42.9 Å². The molecule has 138 valence electrons. The van der Waals surface area contributed by atoms with E-state index in [0.717, 1.165) is 34.5 Å². The SMILES string of the molecule is CCn1cc(N2Cc3cc(-c4cnc(OC)c(OC)c4)ccc3C2=O)cn1. The van der Waals surface area contributed by atoms with Crippen molar-refractivity contribution in [2.75, 3.05) is 19.1 Å². The van der Waals surface area contributed by atoms with E-state index in [1.54, 1.807) is 31.5 Å². The average Bonchev–Trinajstić information content (AvgIpc) is 3.31. The largest absolute Gasteiger partial charge is 0.491 e. The van der Waals surface area contributed by atoms with Gasteiger partial charge in [-0.05, 0) is 36.2 Å². The minimum Gasteiger partial charge on any atom is -0.491 e. The van der Waals surface area contributed by atoms with Gasteiger partial charge in [-0.2, -0.15) is 5.10 Å². The van der Waals surface area contributed by atoms with Crippen LogP contribution in [0.4, 0.5) is 5.69 Å². The lowest BCUT2D eigenvalue weighted by Gasteiger charge is -2.12. The maximum absolute atomic E-state index is 12.8. The summed E-state index contributed by atoms with van der Waals surface area (Å²) in [6, 6.07) is 7.71. The molecule has 2 aromatic heterocycles. The molecule has 0 N–H and O–H groups in total. The fraction of sp³-hybridized carbons (Fsp3) is 0.250. The second kappa shape index (κ2) is 6.75. The molecule has 0 saturated carbocycles. The molecule has 7 nitrogen and oxygen atoms in total. The van der Waals surface area contributed by atoms with Crippen molar-refractivity contribution in [2.24, 2.45) is 0 Å². The van der Waals surface area contributed by atoms with Crippen LogP contribution in [0.2, 0.25) is 0 Å². The van der Waals surface area contributed by atoms with Crippen molar-refractivity contribution >= 4 is 11.6 Å². The van der Waals surface area contributed by atoms with Gasteiger partial charge in [0.1, 0.15) is 0 Å². The van der Waals surface area contributed by atoms with Crippen LogP contribution >= 0.6 is 0 Å². The van der Waals surface area contributed by atoms with Gasteiger partial charge in [-0.3, -0.25) is 9.48 Å². The first-order chi connectivity index (χ1) is 13.1. The van der Waals surface area contributed by atoms with Gasteiger partial charge in [-0.1, -0.05) is 6.07 Å². The fourth-order valence-corrected chi connectivity index (χ4v) is 3.26. The Balaban J connectivity index is 1.66. The van der Waals surface area contributed by atoms with E-state index in [1.807, 2.05) is 42.1 Å². The van der Waals surface area contributed by atoms with Crippen LogP contribution in [0.3, 0.4) is 0 Å². The molecule has 1 aliphatic heterocycles. The number of pyridine rings is 1. The Morgan fingerprint density at radius 2 is 1.96 bits per heavy atom. The molecule has 0 aliphatic carbocycles. The van der Waals surface area contributed by atoms with Crippen LogP contribution < -0.4 is 14.4 Å². The van der Waals surface area contributed by atoms with Gasteiger partial charge in [0.2, 0.25) is 0 Å². The topological polar surface area (TPSA) is 69.5 Å². The normalized spacial score (nSPS) is 13.0. The zero-order chi connectivity index (χ0) is 19.0. The van der Waals surface area contributed by atoms with Crippen molar-refractivity contribution in [3.8, 4) is 22.8 Å². The predicted octanol–water partition coefficient (Wildman–Crippen LogP) is 3.14. The van der Waals surface area contributed by atoms with E-state index in [4.69, 9.17) is 9.47 Å². The molecule has 0 saturated heterocycles. The molecule has 0 atom stereocenters. The summed E-state index contributed by atoms with van der Waals surface area (Å²) < 4.78 is 12.3. The monoisotopic (exact) mass is 364 g/mol. The van der Waals surface area contributed by atoms with Crippen LogP contribution in [-0.2, 0) is 13.1 Å². The number of nitrogens with zero attached hydrogens (tertiary/aromatic N) is 4. The lowest BCUT2D eigenvalue weighted by atomic mass is 10.0. The van der Waals surface area contributed by atoms with Gasteiger partial charge in [0.05, 0.1) is 32.6 Å². The standard InChI is InChI=1S/C20H20N4O3/c1-4-23-12-16(10-22-23)24-11-15-7-13(5-6-17(15)20(24)25)14-8-18(26-2)19(27-3)21-9-14/h5-10,12H,4,11H2,1-3H3. The minimum atomic E-state index is -0.00219. The van der Waals surface area contributed by atoms with Crippen LogP contribution in [0, 0.1) is 0 Å². The van der Waals surface area contributed by atoms with Gasteiger partial charge in [0.25, 0.3) is 11.8 Å². The van der Waals surface area contributed by atoms with E-state index in [2.05, 4.69) is 10.1 Å². The Kier molecular flexibility index (Phi) is 4.27. The molecule has 0 radical (unpaired) electrons. The number of ether oxygens (including phenoxy) is 2. The summed E-state index contributed by atoms with van der Waals surface area (Å²) in [7, 11) is 3.14. The summed E-state index contributed by atoms with van der Waals surface area (Å²) in [5.74, 6) is 1.01. The number of rotatable bonds is 5. The number of benzene rings is 1. The van der Waals surface area contributed by atoms with Gasteiger partial charge in [-0.25, -0.2) is 4.98 Å². The van der Waals surface area contributed by atoms with E-state index in [0.29, 0.717) is 18.2 Å². The second-order valence-corrected chi connectivity index (χ2v) is 6.25. The molecule has 3 heterocycles. The first kappa shape index (κ1) is 17.1. The smallest absolute Gasteiger partial charge is 0.259 e. The Morgan fingerprint density at radius 3 is 2.67 bits per heavy atom. The number of carbonyl (C=O) groups excluding carboxylic acids is 1. The Bertz CT molecular complexity index is 1010. The van der Waals surface area contributed by atoms with Crippen LogP contribution in [-0.4, -0.2) is 34.9 Å². The average molecular weight is 364 g/mol. The Morgan fingerprint density at radius 1 is 1.11 bits per heavy atom. The van der Waals surface area contributed by atoms with Crippen molar-refractivity contribution in [3.63, 3.8) is 0 Å². The van der Waals surface area contributed by atoms with Gasteiger partial charge in [0.15, 0.2) is 5.75 Å². The molecule has 0 bridgehead atoms. The van der Waals surface area contributed by atoms with Gasteiger partial charge >= 0.3 is 0 Å². The third-order valence-corrected chi connectivity index (χ3v) is 4.73. The van der Waals surface area contributed by atoms with E-state index >= 15 is 0 Å². The van der Waals surface area contributed by atoms with E-state index < -0.39 is 0 Å². The number of hydrogen-bond donors (Lipinski definition) is 0. The molecule has 1 amide bonds. The van der Waals surface area contributed by atoms with Crippen molar-refractivity contribution in [1.29, 1.82) is 0 Å². The number of hydrogen-bond acceptors (Lipinski definition) is 5. The summed E-state index contributed by atoms with van der Waals surface area (Å²) in [6.45, 7) is 3.31.